The molecule has 1 heterocycles. The van der Waals surface area contributed by atoms with Gasteiger partial charge in [-0.15, -0.1) is 0 Å². The van der Waals surface area contributed by atoms with E-state index in [2.05, 4.69) is 10.4 Å². The van der Waals surface area contributed by atoms with Crippen LogP contribution in [0.15, 0.2) is 47.3 Å². The van der Waals surface area contributed by atoms with Gasteiger partial charge in [0.05, 0.1) is 6.54 Å². The Labute approximate surface area is 146 Å². The van der Waals surface area contributed by atoms with Gasteiger partial charge in [0.2, 0.25) is 0 Å². The highest BCUT2D eigenvalue weighted by molar-refractivity contribution is 5.91. The van der Waals surface area contributed by atoms with E-state index in [0.29, 0.717) is 19.8 Å². The van der Waals surface area contributed by atoms with Gasteiger partial charge in [-0.2, -0.15) is 5.10 Å². The van der Waals surface area contributed by atoms with E-state index in [9.17, 15) is 9.59 Å². The summed E-state index contributed by atoms with van der Waals surface area (Å²) < 4.78 is 12.0. The number of nitrogens with zero attached hydrogens (tertiary/aromatic N) is 2. The molecule has 1 amide bonds. The van der Waals surface area contributed by atoms with Crippen molar-refractivity contribution in [2.75, 3.05) is 26.4 Å². The van der Waals surface area contributed by atoms with Gasteiger partial charge in [-0.1, -0.05) is 18.2 Å². The van der Waals surface area contributed by atoms with Crippen molar-refractivity contribution < 1.29 is 14.3 Å². The molecular weight excluding hydrogens is 322 g/mol. The molecule has 7 nitrogen and oxygen atoms in total. The summed E-state index contributed by atoms with van der Waals surface area (Å²) in [5.41, 5.74) is -0.0692. The highest BCUT2D eigenvalue weighted by Gasteiger charge is 2.09. The first-order valence-electron chi connectivity index (χ1n) is 8.32. The lowest BCUT2D eigenvalue weighted by molar-refractivity contribution is 0.0936. The van der Waals surface area contributed by atoms with E-state index in [4.69, 9.17) is 9.47 Å². The molecule has 0 unspecified atom stereocenters. The molecule has 0 saturated carbocycles. The summed E-state index contributed by atoms with van der Waals surface area (Å²) >= 11 is 0. The summed E-state index contributed by atoms with van der Waals surface area (Å²) in [7, 11) is 0. The monoisotopic (exact) mass is 345 g/mol. The SMILES string of the molecule is CCOCCCNC(=O)c1ccc(=O)n(CCOc2ccccc2)n1. The van der Waals surface area contributed by atoms with Crippen molar-refractivity contribution in [1.82, 2.24) is 15.1 Å². The van der Waals surface area contributed by atoms with Gasteiger partial charge in [-0.3, -0.25) is 9.59 Å². The standard InChI is InChI=1S/C18H23N3O4/c1-2-24-13-6-11-19-18(23)16-9-10-17(22)21(20-16)12-14-25-15-7-4-3-5-8-15/h3-5,7-10H,2,6,11-14H2,1H3,(H,19,23). The molecule has 0 aliphatic carbocycles. The maximum atomic E-state index is 12.1. The van der Waals surface area contributed by atoms with Crippen LogP contribution in [0.25, 0.3) is 0 Å². The molecule has 1 aromatic heterocycles. The number of ether oxygens (including phenoxy) is 2. The van der Waals surface area contributed by atoms with Crippen LogP contribution in [0, 0.1) is 0 Å². The van der Waals surface area contributed by atoms with Gasteiger partial charge < -0.3 is 14.8 Å². The molecule has 0 radical (unpaired) electrons. The Hall–Kier alpha value is -2.67. The van der Waals surface area contributed by atoms with Crippen LogP contribution in [0.4, 0.5) is 0 Å². The fourth-order valence-corrected chi connectivity index (χ4v) is 2.11. The minimum Gasteiger partial charge on any atom is -0.492 e. The first-order valence-corrected chi connectivity index (χ1v) is 8.32. The minimum atomic E-state index is -0.311. The van der Waals surface area contributed by atoms with E-state index in [1.54, 1.807) is 0 Å². The number of carbonyl (C=O) groups is 1. The number of hydrogen-bond acceptors (Lipinski definition) is 5. The van der Waals surface area contributed by atoms with E-state index in [1.165, 1.54) is 16.8 Å². The van der Waals surface area contributed by atoms with Crippen molar-refractivity contribution in [3.8, 4) is 5.75 Å². The number of amides is 1. The van der Waals surface area contributed by atoms with Crippen molar-refractivity contribution in [1.29, 1.82) is 0 Å². The Kier molecular flexibility index (Phi) is 7.65. The van der Waals surface area contributed by atoms with E-state index in [1.807, 2.05) is 37.3 Å². The first kappa shape index (κ1) is 18.7. The summed E-state index contributed by atoms with van der Waals surface area (Å²) in [6.07, 6.45) is 0.726. The second-order valence-corrected chi connectivity index (χ2v) is 5.25. The minimum absolute atomic E-state index is 0.204. The van der Waals surface area contributed by atoms with Crippen molar-refractivity contribution in [3.05, 3.63) is 58.5 Å². The van der Waals surface area contributed by atoms with Crippen LogP contribution in [0.2, 0.25) is 0 Å². The zero-order valence-corrected chi connectivity index (χ0v) is 14.3. The van der Waals surface area contributed by atoms with Crippen LogP contribution in [-0.2, 0) is 11.3 Å². The third-order valence-electron chi connectivity index (χ3n) is 3.37. The van der Waals surface area contributed by atoms with Crippen LogP contribution >= 0.6 is 0 Å². The topological polar surface area (TPSA) is 82.5 Å². The number of benzene rings is 1. The summed E-state index contributed by atoms with van der Waals surface area (Å²) in [5, 5.41) is 6.86. The number of nitrogens with one attached hydrogen (secondary N) is 1. The molecule has 0 saturated heterocycles. The first-order chi connectivity index (χ1) is 12.2. The Morgan fingerprint density at radius 2 is 1.96 bits per heavy atom. The van der Waals surface area contributed by atoms with Crippen LogP contribution in [-0.4, -0.2) is 42.1 Å². The van der Waals surface area contributed by atoms with Crippen LogP contribution < -0.4 is 15.6 Å². The zero-order chi connectivity index (χ0) is 17.9. The third kappa shape index (κ3) is 6.39. The Balaban J connectivity index is 1.86. The molecule has 0 fully saturated rings. The average molecular weight is 345 g/mol. The lowest BCUT2D eigenvalue weighted by Gasteiger charge is -2.09. The number of aromatic nitrogens is 2. The van der Waals surface area contributed by atoms with Crippen molar-refractivity contribution >= 4 is 5.91 Å². The second kappa shape index (κ2) is 10.2. The van der Waals surface area contributed by atoms with Gasteiger partial charge in [0.1, 0.15) is 18.1 Å². The second-order valence-electron chi connectivity index (χ2n) is 5.25. The fraction of sp³-hybridized carbons (Fsp3) is 0.389. The largest absolute Gasteiger partial charge is 0.492 e. The molecule has 0 spiro atoms. The van der Waals surface area contributed by atoms with Crippen molar-refractivity contribution in [2.45, 2.75) is 19.9 Å². The molecular formula is C18H23N3O4. The van der Waals surface area contributed by atoms with E-state index >= 15 is 0 Å². The summed E-state index contributed by atoms with van der Waals surface area (Å²) in [5.74, 6) is 0.410. The van der Waals surface area contributed by atoms with Gasteiger partial charge in [0.25, 0.3) is 11.5 Å². The summed E-state index contributed by atoms with van der Waals surface area (Å²) in [6.45, 7) is 4.23. The van der Waals surface area contributed by atoms with Crippen LogP contribution in [0.1, 0.15) is 23.8 Å². The molecule has 2 rings (SSSR count). The smallest absolute Gasteiger partial charge is 0.271 e. The molecule has 7 heteroatoms. The van der Waals surface area contributed by atoms with Gasteiger partial charge in [-0.05, 0) is 31.5 Å². The van der Waals surface area contributed by atoms with Crippen LogP contribution in [0.3, 0.4) is 0 Å². The Morgan fingerprint density at radius 1 is 1.16 bits per heavy atom. The molecule has 1 N–H and O–H groups in total. The molecule has 25 heavy (non-hydrogen) atoms. The van der Waals surface area contributed by atoms with Gasteiger partial charge in [0, 0.05) is 25.8 Å². The lowest BCUT2D eigenvalue weighted by Crippen LogP contribution is -2.31. The highest BCUT2D eigenvalue weighted by atomic mass is 16.5. The summed E-state index contributed by atoms with van der Waals surface area (Å²) in [4.78, 5) is 23.9. The fourth-order valence-electron chi connectivity index (χ4n) is 2.11. The zero-order valence-electron chi connectivity index (χ0n) is 14.3. The molecule has 1 aromatic carbocycles. The van der Waals surface area contributed by atoms with Crippen molar-refractivity contribution in [3.63, 3.8) is 0 Å². The number of carbonyl (C=O) groups excluding carboxylic acids is 1. The predicted octanol–water partition coefficient (Wildman–Crippen LogP) is 1.48. The molecule has 0 aliphatic heterocycles. The highest BCUT2D eigenvalue weighted by Crippen LogP contribution is 2.07. The number of rotatable bonds is 10. The maximum absolute atomic E-state index is 12.1. The average Bonchev–Trinajstić information content (AvgIpc) is 2.64. The number of para-hydroxylation sites is 1. The number of hydrogen-bond donors (Lipinski definition) is 1. The maximum Gasteiger partial charge on any atom is 0.271 e. The molecule has 134 valence electrons. The predicted molar refractivity (Wildman–Crippen MR) is 93.9 cm³/mol. The Morgan fingerprint density at radius 3 is 2.72 bits per heavy atom. The molecule has 2 aromatic rings. The molecule has 0 bridgehead atoms. The van der Waals surface area contributed by atoms with Gasteiger partial charge >= 0.3 is 0 Å². The van der Waals surface area contributed by atoms with Crippen LogP contribution in [0.5, 0.6) is 5.75 Å². The Bertz CT molecular complexity index is 716. The summed E-state index contributed by atoms with van der Waals surface area (Å²) in [6, 6.07) is 12.1. The quantitative estimate of drug-likeness (QED) is 0.660. The normalized spacial score (nSPS) is 10.4. The van der Waals surface area contributed by atoms with Gasteiger partial charge in [-0.25, -0.2) is 4.68 Å². The van der Waals surface area contributed by atoms with E-state index < -0.39 is 0 Å². The lowest BCUT2D eigenvalue weighted by atomic mass is 10.3. The third-order valence-corrected chi connectivity index (χ3v) is 3.37. The molecule has 0 atom stereocenters. The van der Waals surface area contributed by atoms with E-state index in [0.717, 1.165) is 12.2 Å². The van der Waals surface area contributed by atoms with Gasteiger partial charge in [0.15, 0.2) is 0 Å². The van der Waals surface area contributed by atoms with E-state index in [-0.39, 0.29) is 30.3 Å². The van der Waals surface area contributed by atoms with Crippen molar-refractivity contribution in [2.24, 2.45) is 0 Å². The molecule has 0 aliphatic rings.